The molecule has 3 rings (SSSR count). The second-order valence-corrected chi connectivity index (χ2v) is 8.48. The van der Waals surface area contributed by atoms with Crippen LogP contribution in [0.2, 0.25) is 0 Å². The minimum absolute atomic E-state index is 0.0442. The molecule has 0 aliphatic carbocycles. The fraction of sp³-hybridized carbons (Fsp3) is 0.391. The van der Waals surface area contributed by atoms with E-state index in [0.717, 1.165) is 29.8 Å². The molecule has 2 aromatic carbocycles. The van der Waals surface area contributed by atoms with Gasteiger partial charge in [0.1, 0.15) is 5.37 Å². The molecule has 28 heavy (non-hydrogen) atoms. The van der Waals surface area contributed by atoms with Crippen molar-refractivity contribution in [3.63, 3.8) is 0 Å². The number of carbonyl (C=O) groups excluding carboxylic acids is 2. The van der Waals surface area contributed by atoms with Gasteiger partial charge in [0.2, 0.25) is 11.8 Å². The van der Waals surface area contributed by atoms with Crippen molar-refractivity contribution in [2.24, 2.45) is 0 Å². The molecular formula is C23H28N2O2S. The van der Waals surface area contributed by atoms with Crippen molar-refractivity contribution >= 4 is 35.0 Å². The molecule has 5 heteroatoms. The van der Waals surface area contributed by atoms with E-state index in [1.807, 2.05) is 47.4 Å². The Balaban J connectivity index is 1.81. The molecule has 148 valence electrons. The van der Waals surface area contributed by atoms with E-state index in [9.17, 15) is 9.59 Å². The average Bonchev–Trinajstić information content (AvgIpc) is 3.08. The van der Waals surface area contributed by atoms with E-state index >= 15 is 0 Å². The maximum absolute atomic E-state index is 12.7. The Labute approximate surface area is 171 Å². The summed E-state index contributed by atoms with van der Waals surface area (Å²) in [6.07, 6.45) is 2.45. The maximum Gasteiger partial charge on any atom is 0.238 e. The number of anilines is 2. The largest absolute Gasteiger partial charge is 0.326 e. The second-order valence-electron chi connectivity index (χ2n) is 7.41. The third-order valence-corrected chi connectivity index (χ3v) is 6.14. The predicted molar refractivity (Wildman–Crippen MR) is 118 cm³/mol. The van der Waals surface area contributed by atoms with Gasteiger partial charge >= 0.3 is 0 Å². The third kappa shape index (κ3) is 4.58. The molecule has 1 heterocycles. The van der Waals surface area contributed by atoms with Crippen LogP contribution in [0, 0.1) is 0 Å². The number of nitrogens with one attached hydrogen (secondary N) is 1. The first kappa shape index (κ1) is 20.5. The van der Waals surface area contributed by atoms with Crippen LogP contribution in [-0.2, 0) is 9.59 Å². The van der Waals surface area contributed by atoms with Gasteiger partial charge in [-0.15, -0.1) is 11.8 Å². The van der Waals surface area contributed by atoms with Gasteiger partial charge in [-0.2, -0.15) is 0 Å². The van der Waals surface area contributed by atoms with Crippen molar-refractivity contribution < 1.29 is 9.59 Å². The smallest absolute Gasteiger partial charge is 0.238 e. The van der Waals surface area contributed by atoms with Crippen LogP contribution in [0.4, 0.5) is 11.4 Å². The molecule has 4 nitrogen and oxygen atoms in total. The first-order valence-corrected chi connectivity index (χ1v) is 11.0. The molecule has 0 bridgehead atoms. The molecule has 1 fully saturated rings. The normalized spacial score (nSPS) is 16.6. The number of hydrogen-bond acceptors (Lipinski definition) is 3. The molecule has 1 aliphatic rings. The lowest BCUT2D eigenvalue weighted by Crippen LogP contribution is -2.29. The molecule has 2 aromatic rings. The number of rotatable bonds is 7. The summed E-state index contributed by atoms with van der Waals surface area (Å²) in [6, 6.07) is 16.0. The van der Waals surface area contributed by atoms with Crippen LogP contribution < -0.4 is 10.2 Å². The van der Waals surface area contributed by atoms with Crippen LogP contribution >= 0.6 is 11.8 Å². The minimum Gasteiger partial charge on any atom is -0.326 e. The maximum atomic E-state index is 12.7. The minimum atomic E-state index is -0.0442. The third-order valence-electron chi connectivity index (χ3n) is 4.92. The summed E-state index contributed by atoms with van der Waals surface area (Å²) in [5, 5.41) is 2.90. The van der Waals surface area contributed by atoms with Crippen LogP contribution in [0.5, 0.6) is 0 Å². The average molecular weight is 397 g/mol. The Morgan fingerprint density at radius 2 is 1.89 bits per heavy atom. The summed E-state index contributed by atoms with van der Waals surface area (Å²) in [6.45, 7) is 6.38. The first-order valence-electron chi connectivity index (χ1n) is 9.93. The lowest BCUT2D eigenvalue weighted by molar-refractivity contribution is -0.116. The van der Waals surface area contributed by atoms with E-state index in [1.54, 1.807) is 11.8 Å². The highest BCUT2D eigenvalue weighted by atomic mass is 32.2. The molecule has 0 radical (unpaired) electrons. The van der Waals surface area contributed by atoms with Crippen LogP contribution in [0.25, 0.3) is 0 Å². The predicted octanol–water partition coefficient (Wildman–Crippen LogP) is 5.72. The molecule has 1 N–H and O–H groups in total. The van der Waals surface area contributed by atoms with E-state index in [1.165, 1.54) is 5.56 Å². The number of thioether (sulfide) groups is 1. The number of carbonyl (C=O) groups is 2. The molecular weight excluding hydrogens is 368 g/mol. The number of unbranched alkanes of at least 4 members (excludes halogenated alkanes) is 1. The fourth-order valence-corrected chi connectivity index (χ4v) is 4.59. The topological polar surface area (TPSA) is 49.4 Å². The van der Waals surface area contributed by atoms with Crippen LogP contribution in [0.1, 0.15) is 62.5 Å². The molecule has 1 unspecified atom stereocenters. The molecule has 1 atom stereocenters. The lowest BCUT2D eigenvalue weighted by Gasteiger charge is -2.27. The quantitative estimate of drug-likeness (QED) is 0.651. The van der Waals surface area contributed by atoms with Gasteiger partial charge in [0.25, 0.3) is 0 Å². The van der Waals surface area contributed by atoms with Crippen LogP contribution in [0.15, 0.2) is 48.5 Å². The monoisotopic (exact) mass is 396 g/mol. The second kappa shape index (κ2) is 9.28. The van der Waals surface area contributed by atoms with E-state index in [-0.39, 0.29) is 17.2 Å². The van der Waals surface area contributed by atoms with Gasteiger partial charge in [-0.25, -0.2) is 0 Å². The Morgan fingerprint density at radius 3 is 2.57 bits per heavy atom. The van der Waals surface area contributed by atoms with Gasteiger partial charge in [-0.1, -0.05) is 57.5 Å². The van der Waals surface area contributed by atoms with Crippen molar-refractivity contribution in [1.29, 1.82) is 0 Å². The number of amides is 2. The molecule has 0 spiro atoms. The van der Waals surface area contributed by atoms with Gasteiger partial charge in [0, 0.05) is 17.8 Å². The van der Waals surface area contributed by atoms with Gasteiger partial charge in [-0.3, -0.25) is 14.5 Å². The Bertz CT molecular complexity index is 833. The highest BCUT2D eigenvalue weighted by molar-refractivity contribution is 8.00. The summed E-state index contributed by atoms with van der Waals surface area (Å²) >= 11 is 1.65. The van der Waals surface area contributed by atoms with Gasteiger partial charge < -0.3 is 5.32 Å². The summed E-state index contributed by atoms with van der Waals surface area (Å²) in [5.74, 6) is 1.01. The Kier molecular flexibility index (Phi) is 6.79. The lowest BCUT2D eigenvalue weighted by atomic mass is 10.00. The Morgan fingerprint density at radius 1 is 1.18 bits per heavy atom. The van der Waals surface area contributed by atoms with Crippen molar-refractivity contribution in [2.75, 3.05) is 16.0 Å². The van der Waals surface area contributed by atoms with Gasteiger partial charge in [-0.05, 0) is 41.7 Å². The van der Waals surface area contributed by atoms with E-state index in [0.29, 0.717) is 18.1 Å². The van der Waals surface area contributed by atoms with Crippen LogP contribution in [0.3, 0.4) is 0 Å². The van der Waals surface area contributed by atoms with Crippen molar-refractivity contribution in [2.45, 2.75) is 51.3 Å². The zero-order valence-electron chi connectivity index (χ0n) is 16.8. The zero-order valence-corrected chi connectivity index (χ0v) is 17.6. The number of hydrogen-bond donors (Lipinski definition) is 1. The van der Waals surface area contributed by atoms with Gasteiger partial charge in [0.05, 0.1) is 5.75 Å². The zero-order chi connectivity index (χ0) is 20.1. The van der Waals surface area contributed by atoms with Gasteiger partial charge in [0.15, 0.2) is 0 Å². The van der Waals surface area contributed by atoms with Crippen molar-refractivity contribution in [3.8, 4) is 0 Å². The van der Waals surface area contributed by atoms with Crippen LogP contribution in [-0.4, -0.2) is 17.6 Å². The van der Waals surface area contributed by atoms with E-state index < -0.39 is 0 Å². The van der Waals surface area contributed by atoms with Crippen molar-refractivity contribution in [3.05, 3.63) is 59.7 Å². The highest BCUT2D eigenvalue weighted by Crippen LogP contribution is 2.44. The SMILES string of the molecule is CCCCC(=O)Nc1ccc(C2SCC(=O)N2c2ccccc2C(C)C)cc1. The summed E-state index contributed by atoms with van der Waals surface area (Å²) < 4.78 is 0. The van der Waals surface area contributed by atoms with Crippen molar-refractivity contribution in [1.82, 2.24) is 0 Å². The first-order chi connectivity index (χ1) is 13.5. The van der Waals surface area contributed by atoms with E-state index in [4.69, 9.17) is 0 Å². The molecule has 2 amide bonds. The summed E-state index contributed by atoms with van der Waals surface area (Å²) in [5.41, 5.74) is 4.05. The summed E-state index contributed by atoms with van der Waals surface area (Å²) in [4.78, 5) is 26.5. The number of benzene rings is 2. The molecule has 0 aromatic heterocycles. The fourth-order valence-electron chi connectivity index (χ4n) is 3.42. The molecule has 1 aliphatic heterocycles. The summed E-state index contributed by atoms with van der Waals surface area (Å²) in [7, 11) is 0. The van der Waals surface area contributed by atoms with E-state index in [2.05, 4.69) is 32.2 Å². The Hall–Kier alpha value is -2.27. The standard InChI is InChI=1S/C23H28N2O2S/c1-4-5-10-21(26)24-18-13-11-17(12-14-18)23-25(22(27)15-28-23)20-9-7-6-8-19(20)16(2)3/h6-9,11-14,16,23H,4-5,10,15H2,1-3H3,(H,24,26). The molecule has 0 saturated carbocycles. The highest BCUT2D eigenvalue weighted by Gasteiger charge is 2.35. The number of nitrogens with zero attached hydrogens (tertiary/aromatic N) is 1. The molecule has 1 saturated heterocycles. The number of para-hydroxylation sites is 1.